The fourth-order valence-corrected chi connectivity index (χ4v) is 2.30. The maximum Gasteiger partial charge on any atom is 0.197 e. The molecule has 3 aromatic rings. The Morgan fingerprint density at radius 1 is 1.10 bits per heavy atom. The minimum atomic E-state index is -0.157. The van der Waals surface area contributed by atoms with Crippen molar-refractivity contribution in [3.05, 3.63) is 66.0 Å². The monoisotopic (exact) mass is 278 g/mol. The number of ketones is 1. The third-order valence-corrected chi connectivity index (χ3v) is 3.42. The summed E-state index contributed by atoms with van der Waals surface area (Å²) in [5.41, 5.74) is 7.31. The second-order valence-corrected chi connectivity index (χ2v) is 4.69. The molecule has 0 spiro atoms. The van der Waals surface area contributed by atoms with Crippen molar-refractivity contribution in [3.63, 3.8) is 0 Å². The van der Waals surface area contributed by atoms with Gasteiger partial charge in [0.05, 0.1) is 7.11 Å². The zero-order chi connectivity index (χ0) is 14.8. The molecule has 0 aliphatic heterocycles. The Kier molecular flexibility index (Phi) is 3.28. The van der Waals surface area contributed by atoms with Crippen molar-refractivity contribution in [3.8, 4) is 5.75 Å². The zero-order valence-electron chi connectivity index (χ0n) is 11.5. The normalized spacial score (nSPS) is 10.5. The third-order valence-electron chi connectivity index (χ3n) is 3.42. The highest BCUT2D eigenvalue weighted by molar-refractivity contribution is 6.18. The van der Waals surface area contributed by atoms with Crippen LogP contribution in [0.1, 0.15) is 15.9 Å². The minimum absolute atomic E-state index is 0.157. The molecule has 0 aliphatic carbocycles. The molecule has 0 saturated heterocycles. The van der Waals surface area contributed by atoms with E-state index in [0.29, 0.717) is 22.6 Å². The standard InChI is InChI=1S/C17H14N2O2/c1-21-12-6-7-16(18)14(8-12)17(20)15-10-19-9-11-4-2-3-5-13(11)15/h2-10H,18H2,1H3. The number of carbonyl (C=O) groups is 1. The Labute approximate surface area is 122 Å². The molecule has 3 rings (SSSR count). The molecule has 0 aliphatic rings. The molecule has 2 N–H and O–H groups in total. The largest absolute Gasteiger partial charge is 0.497 e. The molecular weight excluding hydrogens is 264 g/mol. The van der Waals surface area contributed by atoms with Crippen LogP contribution >= 0.6 is 0 Å². The summed E-state index contributed by atoms with van der Waals surface area (Å²) in [6.45, 7) is 0. The predicted molar refractivity (Wildman–Crippen MR) is 82.6 cm³/mol. The first kappa shape index (κ1) is 13.1. The zero-order valence-corrected chi connectivity index (χ0v) is 11.5. The lowest BCUT2D eigenvalue weighted by Gasteiger charge is -2.09. The molecule has 21 heavy (non-hydrogen) atoms. The maximum atomic E-state index is 12.8. The van der Waals surface area contributed by atoms with Crippen molar-refractivity contribution in [2.45, 2.75) is 0 Å². The number of anilines is 1. The summed E-state index contributed by atoms with van der Waals surface area (Å²) in [5, 5.41) is 1.78. The molecule has 0 bridgehead atoms. The molecule has 4 heteroatoms. The van der Waals surface area contributed by atoms with Crippen LogP contribution in [0.4, 0.5) is 5.69 Å². The highest BCUT2D eigenvalue weighted by Crippen LogP contribution is 2.25. The van der Waals surface area contributed by atoms with Gasteiger partial charge in [-0.2, -0.15) is 0 Å². The Balaban J connectivity index is 2.17. The molecular formula is C17H14N2O2. The van der Waals surface area contributed by atoms with E-state index in [2.05, 4.69) is 4.98 Å². The van der Waals surface area contributed by atoms with E-state index in [4.69, 9.17) is 10.5 Å². The van der Waals surface area contributed by atoms with Crippen LogP contribution < -0.4 is 10.5 Å². The van der Waals surface area contributed by atoms with Gasteiger partial charge >= 0.3 is 0 Å². The number of aromatic nitrogens is 1. The van der Waals surface area contributed by atoms with Crippen LogP contribution in [-0.2, 0) is 0 Å². The maximum absolute atomic E-state index is 12.8. The molecule has 0 fully saturated rings. The van der Waals surface area contributed by atoms with Crippen molar-refractivity contribution in [2.75, 3.05) is 12.8 Å². The van der Waals surface area contributed by atoms with Crippen LogP contribution in [0.2, 0.25) is 0 Å². The third kappa shape index (κ3) is 2.31. The summed E-state index contributed by atoms with van der Waals surface area (Å²) in [4.78, 5) is 16.9. The number of nitrogens with zero attached hydrogens (tertiary/aromatic N) is 1. The first-order valence-electron chi connectivity index (χ1n) is 6.51. The van der Waals surface area contributed by atoms with E-state index in [1.165, 1.54) is 0 Å². The van der Waals surface area contributed by atoms with Crippen molar-refractivity contribution < 1.29 is 9.53 Å². The number of hydrogen-bond acceptors (Lipinski definition) is 4. The van der Waals surface area contributed by atoms with Crippen LogP contribution in [0.5, 0.6) is 5.75 Å². The first-order chi connectivity index (χ1) is 10.2. The SMILES string of the molecule is COc1ccc(N)c(C(=O)c2cncc3ccccc23)c1. The van der Waals surface area contributed by atoms with Crippen molar-refractivity contribution >= 4 is 22.2 Å². The number of ether oxygens (including phenoxy) is 1. The number of carbonyl (C=O) groups excluding carboxylic acids is 1. The fourth-order valence-electron chi connectivity index (χ4n) is 2.30. The van der Waals surface area contributed by atoms with Crippen molar-refractivity contribution in [2.24, 2.45) is 0 Å². The summed E-state index contributed by atoms with van der Waals surface area (Å²) in [7, 11) is 1.55. The van der Waals surface area contributed by atoms with E-state index >= 15 is 0 Å². The molecule has 0 saturated carbocycles. The topological polar surface area (TPSA) is 65.2 Å². The number of rotatable bonds is 3. The summed E-state index contributed by atoms with van der Waals surface area (Å²) in [6, 6.07) is 12.7. The molecule has 1 heterocycles. The van der Waals surface area contributed by atoms with Crippen LogP contribution in [-0.4, -0.2) is 17.9 Å². The van der Waals surface area contributed by atoms with Gasteiger partial charge in [0.15, 0.2) is 5.78 Å². The Morgan fingerprint density at radius 3 is 2.71 bits per heavy atom. The smallest absolute Gasteiger partial charge is 0.197 e. The molecule has 1 aromatic heterocycles. The van der Waals surface area contributed by atoms with Gasteiger partial charge in [0.1, 0.15) is 5.75 Å². The fraction of sp³-hybridized carbons (Fsp3) is 0.0588. The molecule has 0 radical (unpaired) electrons. The van der Waals surface area contributed by atoms with E-state index in [1.54, 1.807) is 37.7 Å². The van der Waals surface area contributed by atoms with E-state index < -0.39 is 0 Å². The van der Waals surface area contributed by atoms with Gasteiger partial charge in [0.25, 0.3) is 0 Å². The lowest BCUT2D eigenvalue weighted by atomic mass is 9.98. The molecule has 0 unspecified atom stereocenters. The average molecular weight is 278 g/mol. The van der Waals surface area contributed by atoms with Crippen molar-refractivity contribution in [1.29, 1.82) is 0 Å². The van der Waals surface area contributed by atoms with E-state index in [0.717, 1.165) is 10.8 Å². The first-order valence-corrected chi connectivity index (χ1v) is 6.51. The van der Waals surface area contributed by atoms with Gasteiger partial charge in [-0.25, -0.2) is 0 Å². The second kappa shape index (κ2) is 5.25. The highest BCUT2D eigenvalue weighted by Gasteiger charge is 2.16. The highest BCUT2D eigenvalue weighted by atomic mass is 16.5. The van der Waals surface area contributed by atoms with Crippen LogP contribution in [0.15, 0.2) is 54.9 Å². The predicted octanol–water partition coefficient (Wildman–Crippen LogP) is 3.06. The van der Waals surface area contributed by atoms with Gasteiger partial charge < -0.3 is 10.5 Å². The van der Waals surface area contributed by atoms with Gasteiger partial charge in [-0.3, -0.25) is 9.78 Å². The van der Waals surface area contributed by atoms with E-state index in [-0.39, 0.29) is 5.78 Å². The minimum Gasteiger partial charge on any atom is -0.497 e. The summed E-state index contributed by atoms with van der Waals surface area (Å²) >= 11 is 0. The van der Waals surface area contributed by atoms with Gasteiger partial charge in [0, 0.05) is 34.6 Å². The molecule has 4 nitrogen and oxygen atoms in total. The number of nitrogen functional groups attached to an aromatic ring is 1. The number of methoxy groups -OCH3 is 1. The molecule has 0 atom stereocenters. The summed E-state index contributed by atoms with van der Waals surface area (Å²) in [6.07, 6.45) is 3.31. The Morgan fingerprint density at radius 2 is 1.90 bits per heavy atom. The summed E-state index contributed by atoms with van der Waals surface area (Å²) < 4.78 is 5.16. The molecule has 0 amide bonds. The van der Waals surface area contributed by atoms with E-state index in [1.807, 2.05) is 24.3 Å². The number of fused-ring (bicyclic) bond motifs is 1. The van der Waals surface area contributed by atoms with Gasteiger partial charge in [-0.15, -0.1) is 0 Å². The van der Waals surface area contributed by atoms with Gasteiger partial charge in [-0.05, 0) is 23.6 Å². The number of benzene rings is 2. The van der Waals surface area contributed by atoms with Crippen LogP contribution in [0, 0.1) is 0 Å². The lowest BCUT2D eigenvalue weighted by molar-refractivity contribution is 0.104. The average Bonchev–Trinajstić information content (AvgIpc) is 2.54. The summed E-state index contributed by atoms with van der Waals surface area (Å²) in [5.74, 6) is 0.441. The number of hydrogen-bond donors (Lipinski definition) is 1. The Bertz CT molecular complexity index is 823. The van der Waals surface area contributed by atoms with Gasteiger partial charge in [0.2, 0.25) is 0 Å². The number of nitrogens with two attached hydrogens (primary N) is 1. The van der Waals surface area contributed by atoms with E-state index in [9.17, 15) is 4.79 Å². The van der Waals surface area contributed by atoms with Crippen LogP contribution in [0.25, 0.3) is 10.8 Å². The van der Waals surface area contributed by atoms with Gasteiger partial charge in [-0.1, -0.05) is 24.3 Å². The molecule has 104 valence electrons. The molecule has 2 aromatic carbocycles. The quantitative estimate of drug-likeness (QED) is 0.590. The Hall–Kier alpha value is -2.88. The van der Waals surface area contributed by atoms with Crippen molar-refractivity contribution in [1.82, 2.24) is 4.98 Å². The van der Waals surface area contributed by atoms with Crippen LogP contribution in [0.3, 0.4) is 0 Å². The lowest BCUT2D eigenvalue weighted by Crippen LogP contribution is -2.07. The number of pyridine rings is 1. The second-order valence-electron chi connectivity index (χ2n) is 4.69.